The van der Waals surface area contributed by atoms with Gasteiger partial charge in [-0.25, -0.2) is 5.10 Å². The largest absolute Gasteiger partial charge is 0.481 e. The molecule has 0 saturated heterocycles. The predicted octanol–water partition coefficient (Wildman–Crippen LogP) is 0.353. The zero-order chi connectivity index (χ0) is 14.8. The molecule has 3 N–H and O–H groups in total. The Morgan fingerprint density at radius 2 is 2.10 bits per heavy atom. The minimum atomic E-state index is -0.514. The van der Waals surface area contributed by atoms with Gasteiger partial charge < -0.3 is 15.4 Å². The number of hydrogen-bond donors (Lipinski definition) is 3. The molecule has 8 heteroatoms. The number of nitrogens with zero attached hydrogens (tertiary/aromatic N) is 1. The summed E-state index contributed by atoms with van der Waals surface area (Å²) in [6, 6.07) is 7.50. The third-order valence-corrected chi connectivity index (χ3v) is 2.81. The van der Waals surface area contributed by atoms with Gasteiger partial charge in [-0.3, -0.25) is 14.4 Å². The van der Waals surface area contributed by atoms with E-state index in [1.165, 1.54) is 12.1 Å². The van der Waals surface area contributed by atoms with Gasteiger partial charge in [-0.2, -0.15) is 5.10 Å². The molecule has 3 rings (SSSR count). The SMILES string of the molecule is O=C1COc2cccc(NC(=O)c3ccc(=O)[nH]n3)c2N1. The van der Waals surface area contributed by atoms with E-state index in [0.29, 0.717) is 17.1 Å². The summed E-state index contributed by atoms with van der Waals surface area (Å²) in [4.78, 5) is 34.3. The van der Waals surface area contributed by atoms with Crippen LogP contribution in [0.1, 0.15) is 10.5 Å². The first kappa shape index (κ1) is 12.9. The predicted molar refractivity (Wildman–Crippen MR) is 73.4 cm³/mol. The number of rotatable bonds is 2. The standard InChI is InChI=1S/C13H10N4O4/c18-10-5-4-8(16-17-10)13(20)14-7-2-1-3-9-12(7)15-11(19)6-21-9/h1-5H,6H2,(H,14,20)(H,15,19)(H,17,18). The monoisotopic (exact) mass is 286 g/mol. The highest BCUT2D eigenvalue weighted by molar-refractivity contribution is 6.07. The van der Waals surface area contributed by atoms with E-state index in [0.717, 1.165) is 0 Å². The quantitative estimate of drug-likeness (QED) is 0.737. The van der Waals surface area contributed by atoms with E-state index in [4.69, 9.17) is 4.74 Å². The van der Waals surface area contributed by atoms with Gasteiger partial charge >= 0.3 is 0 Å². The Morgan fingerprint density at radius 3 is 2.86 bits per heavy atom. The van der Waals surface area contributed by atoms with Crippen LogP contribution >= 0.6 is 0 Å². The van der Waals surface area contributed by atoms with Crippen molar-refractivity contribution in [2.75, 3.05) is 17.2 Å². The van der Waals surface area contributed by atoms with Crippen LogP contribution in [0.4, 0.5) is 11.4 Å². The highest BCUT2D eigenvalue weighted by Crippen LogP contribution is 2.34. The van der Waals surface area contributed by atoms with Crippen LogP contribution in [0.15, 0.2) is 35.1 Å². The molecule has 1 aromatic carbocycles. The van der Waals surface area contributed by atoms with E-state index < -0.39 is 11.5 Å². The number of aromatic amines is 1. The van der Waals surface area contributed by atoms with Gasteiger partial charge in [0.15, 0.2) is 6.61 Å². The molecule has 2 amide bonds. The number of para-hydroxylation sites is 1. The molecule has 0 spiro atoms. The third-order valence-electron chi connectivity index (χ3n) is 2.81. The van der Waals surface area contributed by atoms with Crippen molar-refractivity contribution in [2.24, 2.45) is 0 Å². The molecule has 0 atom stereocenters. The van der Waals surface area contributed by atoms with Crippen LogP contribution in [-0.4, -0.2) is 28.6 Å². The molecule has 1 aliphatic heterocycles. The number of benzene rings is 1. The number of carbonyl (C=O) groups is 2. The molecule has 1 aromatic heterocycles. The van der Waals surface area contributed by atoms with E-state index in [1.54, 1.807) is 18.2 Å². The van der Waals surface area contributed by atoms with Gasteiger partial charge in [-0.15, -0.1) is 0 Å². The van der Waals surface area contributed by atoms with Crippen molar-refractivity contribution in [2.45, 2.75) is 0 Å². The van der Waals surface area contributed by atoms with Gasteiger partial charge in [0.2, 0.25) is 0 Å². The lowest BCUT2D eigenvalue weighted by molar-refractivity contribution is -0.118. The number of H-pyrrole nitrogens is 1. The van der Waals surface area contributed by atoms with Gasteiger partial charge in [0.05, 0.1) is 5.69 Å². The molecule has 1 aliphatic rings. The molecule has 0 fully saturated rings. The molecule has 8 nitrogen and oxygen atoms in total. The first-order valence-electron chi connectivity index (χ1n) is 6.06. The number of nitrogens with one attached hydrogen (secondary N) is 3. The number of carbonyl (C=O) groups excluding carboxylic acids is 2. The maximum absolute atomic E-state index is 12.0. The number of aromatic nitrogens is 2. The summed E-state index contributed by atoms with van der Waals surface area (Å²) in [6.07, 6.45) is 0. The first-order valence-corrected chi connectivity index (χ1v) is 6.06. The number of hydrogen-bond acceptors (Lipinski definition) is 5. The molecule has 2 aromatic rings. The Morgan fingerprint density at radius 1 is 1.24 bits per heavy atom. The van der Waals surface area contributed by atoms with Crippen LogP contribution in [-0.2, 0) is 4.79 Å². The Balaban J connectivity index is 1.88. The fourth-order valence-electron chi connectivity index (χ4n) is 1.86. The zero-order valence-corrected chi connectivity index (χ0v) is 10.7. The molecule has 106 valence electrons. The summed E-state index contributed by atoms with van der Waals surface area (Å²) < 4.78 is 5.25. The lowest BCUT2D eigenvalue weighted by Crippen LogP contribution is -2.27. The molecule has 2 heterocycles. The van der Waals surface area contributed by atoms with Crippen molar-refractivity contribution in [3.05, 3.63) is 46.4 Å². The Kier molecular flexibility index (Phi) is 3.11. The number of anilines is 2. The van der Waals surface area contributed by atoms with Crippen molar-refractivity contribution in [1.82, 2.24) is 10.2 Å². The maximum Gasteiger partial charge on any atom is 0.276 e. The van der Waals surface area contributed by atoms with Crippen LogP contribution in [0.2, 0.25) is 0 Å². The molecular weight excluding hydrogens is 276 g/mol. The van der Waals surface area contributed by atoms with Crippen molar-refractivity contribution in [3.8, 4) is 5.75 Å². The molecule has 21 heavy (non-hydrogen) atoms. The lowest BCUT2D eigenvalue weighted by atomic mass is 10.2. The molecule has 0 saturated carbocycles. The summed E-state index contributed by atoms with van der Waals surface area (Å²) in [7, 11) is 0. The minimum absolute atomic E-state index is 0.0512. The average molecular weight is 286 g/mol. The highest BCUT2D eigenvalue weighted by atomic mass is 16.5. The van der Waals surface area contributed by atoms with E-state index >= 15 is 0 Å². The van der Waals surface area contributed by atoms with Crippen molar-refractivity contribution < 1.29 is 14.3 Å². The summed E-state index contributed by atoms with van der Waals surface area (Å²) in [5.41, 5.74) is 0.435. The maximum atomic E-state index is 12.0. The van der Waals surface area contributed by atoms with E-state index in [1.807, 2.05) is 0 Å². The second-order valence-corrected chi connectivity index (χ2v) is 4.28. The average Bonchev–Trinajstić information content (AvgIpc) is 2.48. The third kappa shape index (κ3) is 2.59. The summed E-state index contributed by atoms with van der Waals surface area (Å²) in [5.74, 6) is -0.340. The molecule has 0 unspecified atom stereocenters. The molecule has 0 bridgehead atoms. The summed E-state index contributed by atoms with van der Waals surface area (Å²) >= 11 is 0. The number of amides is 2. The Hall–Kier alpha value is -3.16. The van der Waals surface area contributed by atoms with Crippen LogP contribution < -0.4 is 20.9 Å². The number of ether oxygens (including phenoxy) is 1. The van der Waals surface area contributed by atoms with E-state index in [-0.39, 0.29) is 18.2 Å². The topological polar surface area (TPSA) is 113 Å². The Bertz CT molecular complexity index is 763. The second-order valence-electron chi connectivity index (χ2n) is 4.28. The fourth-order valence-corrected chi connectivity index (χ4v) is 1.86. The van der Waals surface area contributed by atoms with Gasteiger partial charge in [0, 0.05) is 6.07 Å². The van der Waals surface area contributed by atoms with Gasteiger partial charge in [0.25, 0.3) is 17.4 Å². The van der Waals surface area contributed by atoms with Crippen molar-refractivity contribution >= 4 is 23.2 Å². The normalized spacial score (nSPS) is 12.9. The first-order chi connectivity index (χ1) is 10.1. The van der Waals surface area contributed by atoms with E-state index in [2.05, 4.69) is 20.8 Å². The van der Waals surface area contributed by atoms with Crippen LogP contribution in [0.5, 0.6) is 5.75 Å². The molecule has 0 aliphatic carbocycles. The van der Waals surface area contributed by atoms with Gasteiger partial charge in [-0.1, -0.05) is 6.07 Å². The van der Waals surface area contributed by atoms with E-state index in [9.17, 15) is 14.4 Å². The van der Waals surface area contributed by atoms with Gasteiger partial charge in [-0.05, 0) is 18.2 Å². The summed E-state index contributed by atoms with van der Waals surface area (Å²) in [5, 5.41) is 11.1. The van der Waals surface area contributed by atoms with Crippen molar-refractivity contribution in [1.29, 1.82) is 0 Å². The van der Waals surface area contributed by atoms with Crippen LogP contribution in [0, 0.1) is 0 Å². The summed E-state index contributed by atoms with van der Waals surface area (Å²) in [6.45, 7) is -0.0636. The number of fused-ring (bicyclic) bond motifs is 1. The lowest BCUT2D eigenvalue weighted by Gasteiger charge is -2.20. The fraction of sp³-hybridized carbons (Fsp3) is 0.0769. The molecule has 0 radical (unpaired) electrons. The molecular formula is C13H10N4O4. The minimum Gasteiger partial charge on any atom is -0.481 e. The Labute approximate surface area is 118 Å². The van der Waals surface area contributed by atoms with Crippen LogP contribution in [0.3, 0.4) is 0 Å². The zero-order valence-electron chi connectivity index (χ0n) is 10.7. The smallest absolute Gasteiger partial charge is 0.276 e. The highest BCUT2D eigenvalue weighted by Gasteiger charge is 2.20. The second kappa shape index (κ2) is 5.08. The van der Waals surface area contributed by atoms with Gasteiger partial charge in [0.1, 0.15) is 17.1 Å². The van der Waals surface area contributed by atoms with Crippen molar-refractivity contribution in [3.63, 3.8) is 0 Å². The van der Waals surface area contributed by atoms with Crippen LogP contribution in [0.25, 0.3) is 0 Å².